The Hall–Kier alpha value is -3.88. The maximum Gasteiger partial charge on any atom is 0.337 e. The molecule has 0 saturated carbocycles. The number of carbonyl (C=O) groups is 2. The number of para-hydroxylation sites is 2. The largest absolute Gasteiger partial charge is 0.478 e. The predicted molar refractivity (Wildman–Crippen MR) is 112 cm³/mol. The van der Waals surface area contributed by atoms with Gasteiger partial charge in [0, 0.05) is 0 Å². The lowest BCUT2D eigenvalue weighted by Gasteiger charge is -2.27. The van der Waals surface area contributed by atoms with Gasteiger partial charge in [-0.05, 0) is 36.4 Å². The number of rotatable bonds is 8. The number of carboxylic acids is 2. The third-order valence-electron chi connectivity index (χ3n) is 4.36. The van der Waals surface area contributed by atoms with Crippen LogP contribution in [0.5, 0.6) is 0 Å². The van der Waals surface area contributed by atoms with Gasteiger partial charge in [-0.25, -0.2) is 19.7 Å². The summed E-state index contributed by atoms with van der Waals surface area (Å²) in [6, 6.07) is 20.0. The van der Waals surface area contributed by atoms with E-state index in [1.54, 1.807) is 60.7 Å². The average Bonchev–Trinajstić information content (AvgIpc) is 2.76. The predicted octanol–water partition coefficient (Wildman–Crippen LogP) is 4.48. The molecule has 3 rings (SSSR count). The summed E-state index contributed by atoms with van der Waals surface area (Å²) in [5.41, 5.74) is 0.914. The number of carboxylic acid groups (broad SMARTS) is 2. The van der Waals surface area contributed by atoms with Crippen LogP contribution in [-0.2, 0) is 9.68 Å². The maximum atomic E-state index is 12.1. The summed E-state index contributed by atoms with van der Waals surface area (Å²) >= 11 is 0. The zero-order valence-corrected chi connectivity index (χ0v) is 16.4. The number of benzene rings is 3. The van der Waals surface area contributed by atoms with Gasteiger partial charge >= 0.3 is 11.9 Å². The molecule has 8 heteroatoms. The maximum absolute atomic E-state index is 12.1. The molecule has 0 radical (unpaired) electrons. The van der Waals surface area contributed by atoms with Crippen molar-refractivity contribution in [1.29, 1.82) is 0 Å². The molecular weight excluding hydrogens is 388 g/mol. The van der Waals surface area contributed by atoms with E-state index in [0.29, 0.717) is 11.4 Å². The Morgan fingerprint density at radius 3 is 1.27 bits per heavy atom. The Balaban J connectivity index is 2.25. The summed E-state index contributed by atoms with van der Waals surface area (Å²) in [5.74, 6) is -2.49. The summed E-state index contributed by atoms with van der Waals surface area (Å²) in [6.07, 6.45) is 0. The Morgan fingerprint density at radius 2 is 1.00 bits per heavy atom. The molecule has 0 aromatic heterocycles. The molecular formula is C22H20N2O6. The molecule has 0 aliphatic rings. The van der Waals surface area contributed by atoms with Gasteiger partial charge in [0.2, 0.25) is 0 Å². The normalized spacial score (nSPS) is 10.5. The minimum absolute atomic E-state index is 0.0708. The van der Waals surface area contributed by atoms with Crippen LogP contribution in [-0.4, -0.2) is 36.4 Å². The molecule has 0 fully saturated rings. The van der Waals surface area contributed by atoms with Gasteiger partial charge in [-0.15, -0.1) is 0 Å². The first-order valence-electron chi connectivity index (χ1n) is 8.91. The molecule has 0 amide bonds. The highest BCUT2D eigenvalue weighted by atomic mass is 16.7. The van der Waals surface area contributed by atoms with Gasteiger partial charge in [0.1, 0.15) is 0 Å². The fourth-order valence-corrected chi connectivity index (χ4v) is 3.07. The van der Waals surface area contributed by atoms with Crippen molar-refractivity contribution < 1.29 is 29.5 Å². The van der Waals surface area contributed by atoms with Gasteiger partial charge in [0.25, 0.3) is 0 Å². The second kappa shape index (κ2) is 9.08. The van der Waals surface area contributed by atoms with Gasteiger partial charge in [-0.3, -0.25) is 9.68 Å². The van der Waals surface area contributed by atoms with Crippen molar-refractivity contribution in [3.05, 3.63) is 83.9 Å². The summed E-state index contributed by atoms with van der Waals surface area (Å²) in [5, 5.41) is 22.2. The van der Waals surface area contributed by atoms with Crippen LogP contribution in [0.25, 0.3) is 0 Å². The zero-order valence-electron chi connectivity index (χ0n) is 16.4. The fourth-order valence-electron chi connectivity index (χ4n) is 3.07. The van der Waals surface area contributed by atoms with Crippen LogP contribution in [0.4, 0.5) is 22.7 Å². The minimum Gasteiger partial charge on any atom is -0.478 e. The summed E-state index contributed by atoms with van der Waals surface area (Å²) in [4.78, 5) is 34.9. The van der Waals surface area contributed by atoms with Crippen LogP contribution in [0.3, 0.4) is 0 Å². The smallest absolute Gasteiger partial charge is 0.337 e. The highest BCUT2D eigenvalue weighted by Crippen LogP contribution is 2.37. The summed E-state index contributed by atoms with van der Waals surface area (Å²) < 4.78 is 0. The van der Waals surface area contributed by atoms with Crippen molar-refractivity contribution in [2.45, 2.75) is 0 Å². The van der Waals surface area contributed by atoms with Crippen LogP contribution in [0.15, 0.2) is 72.8 Å². The fraction of sp³-hybridized carbons (Fsp3) is 0.0909. The number of anilines is 4. The summed E-state index contributed by atoms with van der Waals surface area (Å²) in [6.45, 7) is 0. The van der Waals surface area contributed by atoms with Crippen molar-refractivity contribution in [1.82, 2.24) is 0 Å². The average molecular weight is 408 g/mol. The monoisotopic (exact) mass is 408 g/mol. The van der Waals surface area contributed by atoms with Crippen molar-refractivity contribution in [3.63, 3.8) is 0 Å². The molecule has 3 aromatic carbocycles. The first-order valence-corrected chi connectivity index (χ1v) is 8.91. The summed E-state index contributed by atoms with van der Waals surface area (Å²) in [7, 11) is 2.75. The number of aromatic carboxylic acids is 2. The lowest BCUT2D eigenvalue weighted by molar-refractivity contribution is 0.0679. The van der Waals surface area contributed by atoms with E-state index >= 15 is 0 Å². The zero-order chi connectivity index (χ0) is 21.7. The molecule has 3 aromatic rings. The molecule has 154 valence electrons. The molecule has 0 saturated heterocycles. The van der Waals surface area contributed by atoms with E-state index in [0.717, 1.165) is 0 Å². The second-order valence-corrected chi connectivity index (χ2v) is 6.12. The van der Waals surface area contributed by atoms with Gasteiger partial charge in [0.05, 0.1) is 48.1 Å². The number of hydrogen-bond acceptors (Lipinski definition) is 6. The minimum atomic E-state index is -1.25. The highest BCUT2D eigenvalue weighted by Gasteiger charge is 2.26. The topological polar surface area (TPSA) is 99.5 Å². The van der Waals surface area contributed by atoms with Crippen LogP contribution in [0, 0.1) is 0 Å². The Kier molecular flexibility index (Phi) is 6.31. The molecule has 0 aliphatic carbocycles. The SMILES string of the molecule is CON(c1ccccc1)c1cc(C(=O)O)c(N(OC)c2ccccc2)cc1C(=O)O. The lowest BCUT2D eigenvalue weighted by Crippen LogP contribution is -2.23. The standard InChI is InChI=1S/C22H20N2O6/c1-29-23(15-9-5-3-6-10-15)19-13-18(22(27)28)20(14-17(19)21(25)26)24(30-2)16-11-7-4-8-12-16/h3-14H,1-2H3,(H,25,26)(H,27,28). The van der Waals surface area contributed by atoms with Crippen LogP contribution in [0.1, 0.15) is 20.7 Å². The van der Waals surface area contributed by atoms with E-state index in [9.17, 15) is 19.8 Å². The molecule has 30 heavy (non-hydrogen) atoms. The van der Waals surface area contributed by atoms with Crippen LogP contribution in [0.2, 0.25) is 0 Å². The third-order valence-corrected chi connectivity index (χ3v) is 4.36. The van der Waals surface area contributed by atoms with Gasteiger partial charge in [-0.2, -0.15) is 0 Å². The van der Waals surface area contributed by atoms with Crippen LogP contribution >= 0.6 is 0 Å². The number of nitrogens with zero attached hydrogens (tertiary/aromatic N) is 2. The van der Waals surface area contributed by atoms with Gasteiger partial charge in [0.15, 0.2) is 0 Å². The van der Waals surface area contributed by atoms with E-state index in [4.69, 9.17) is 9.68 Å². The molecule has 8 nitrogen and oxygen atoms in total. The number of hydrogen-bond donors (Lipinski definition) is 2. The highest BCUT2D eigenvalue weighted by molar-refractivity contribution is 6.03. The van der Waals surface area contributed by atoms with Gasteiger partial charge < -0.3 is 10.2 Å². The molecule has 0 heterocycles. The van der Waals surface area contributed by atoms with E-state index in [1.807, 2.05) is 0 Å². The molecule has 2 N–H and O–H groups in total. The molecule has 0 bridgehead atoms. The van der Waals surface area contributed by atoms with Gasteiger partial charge in [-0.1, -0.05) is 36.4 Å². The first kappa shape index (κ1) is 20.8. The first-order chi connectivity index (χ1) is 14.5. The van der Waals surface area contributed by atoms with Crippen LogP contribution < -0.4 is 10.1 Å². The molecule has 0 aliphatic heterocycles. The van der Waals surface area contributed by atoms with E-state index in [-0.39, 0.29) is 22.5 Å². The lowest BCUT2D eigenvalue weighted by atomic mass is 10.0. The second-order valence-electron chi connectivity index (χ2n) is 6.12. The van der Waals surface area contributed by atoms with E-state index in [1.165, 1.54) is 36.5 Å². The van der Waals surface area contributed by atoms with E-state index in [2.05, 4.69) is 0 Å². The molecule has 0 spiro atoms. The van der Waals surface area contributed by atoms with Crippen molar-refractivity contribution in [3.8, 4) is 0 Å². The Morgan fingerprint density at radius 1 is 0.667 bits per heavy atom. The Bertz CT molecular complexity index is 955. The van der Waals surface area contributed by atoms with Crippen molar-refractivity contribution in [2.75, 3.05) is 24.3 Å². The Labute approximate surface area is 173 Å². The van der Waals surface area contributed by atoms with Crippen molar-refractivity contribution in [2.24, 2.45) is 0 Å². The molecule has 0 atom stereocenters. The molecule has 0 unspecified atom stereocenters. The van der Waals surface area contributed by atoms with E-state index < -0.39 is 11.9 Å². The quantitative estimate of drug-likeness (QED) is 0.526. The van der Waals surface area contributed by atoms with Crippen molar-refractivity contribution >= 4 is 34.7 Å². The third kappa shape index (κ3) is 4.09.